The third kappa shape index (κ3) is 5.43. The quantitative estimate of drug-likeness (QED) is 0.469. The second-order valence-corrected chi connectivity index (χ2v) is 9.94. The van der Waals surface area contributed by atoms with Gasteiger partial charge in [-0.3, -0.25) is 4.98 Å². The zero-order chi connectivity index (χ0) is 25.9. The molecule has 0 unspecified atom stereocenters. The molecule has 0 bridgehead atoms. The van der Waals surface area contributed by atoms with Gasteiger partial charge >= 0.3 is 11.5 Å². The van der Waals surface area contributed by atoms with E-state index in [2.05, 4.69) is 15.6 Å². The second-order valence-electron chi connectivity index (χ2n) is 8.00. The number of anilines is 3. The lowest BCUT2D eigenvalue weighted by atomic mass is 10.2. The molecule has 2 amide bonds. The van der Waals surface area contributed by atoms with Crippen molar-refractivity contribution in [3.8, 4) is 0 Å². The van der Waals surface area contributed by atoms with Gasteiger partial charge in [0.1, 0.15) is 0 Å². The minimum absolute atomic E-state index is 0.370. The number of pyridine rings is 1. The SMILES string of the molecule is CC1=CN(c2ccc(S(=O)(=O)C(F)(F)F)cc2)CN1Cc1ccncc1NC(=O)Nc1ccccc1. The van der Waals surface area contributed by atoms with Crippen molar-refractivity contribution in [2.45, 2.75) is 23.9 Å². The molecule has 1 aromatic heterocycles. The van der Waals surface area contributed by atoms with Gasteiger partial charge in [0.25, 0.3) is 9.84 Å². The fourth-order valence-corrected chi connectivity index (χ4v) is 4.37. The summed E-state index contributed by atoms with van der Waals surface area (Å²) in [5, 5.41) is 5.55. The number of aromatic nitrogens is 1. The highest BCUT2D eigenvalue weighted by atomic mass is 32.2. The van der Waals surface area contributed by atoms with Gasteiger partial charge in [-0.15, -0.1) is 0 Å². The fraction of sp³-hybridized carbons (Fsp3) is 0.167. The molecule has 1 aliphatic rings. The van der Waals surface area contributed by atoms with E-state index in [0.29, 0.717) is 30.3 Å². The van der Waals surface area contributed by atoms with Gasteiger partial charge in [-0.25, -0.2) is 13.2 Å². The van der Waals surface area contributed by atoms with Crippen LogP contribution in [0.25, 0.3) is 0 Å². The number of urea groups is 1. The van der Waals surface area contributed by atoms with Crippen LogP contribution in [0.5, 0.6) is 0 Å². The van der Waals surface area contributed by atoms with E-state index in [0.717, 1.165) is 23.4 Å². The number of hydrogen-bond acceptors (Lipinski definition) is 6. The molecule has 0 fully saturated rings. The van der Waals surface area contributed by atoms with Gasteiger partial charge in [-0.2, -0.15) is 13.2 Å². The van der Waals surface area contributed by atoms with E-state index in [1.165, 1.54) is 12.1 Å². The van der Waals surface area contributed by atoms with Crippen LogP contribution in [0.2, 0.25) is 0 Å². The Balaban J connectivity index is 1.44. The summed E-state index contributed by atoms with van der Waals surface area (Å²) in [6.07, 6.45) is 4.97. The molecule has 36 heavy (non-hydrogen) atoms. The Kier molecular flexibility index (Phi) is 6.88. The van der Waals surface area contributed by atoms with Crippen molar-refractivity contribution in [2.24, 2.45) is 0 Å². The highest BCUT2D eigenvalue weighted by Gasteiger charge is 2.46. The summed E-state index contributed by atoms with van der Waals surface area (Å²) >= 11 is 0. The van der Waals surface area contributed by atoms with Crippen molar-refractivity contribution in [3.63, 3.8) is 0 Å². The smallest absolute Gasteiger partial charge is 0.351 e. The van der Waals surface area contributed by atoms with Gasteiger partial charge in [-0.05, 0) is 55.0 Å². The molecular formula is C24H22F3N5O3S. The van der Waals surface area contributed by atoms with E-state index in [4.69, 9.17) is 0 Å². The number of alkyl halides is 3. The van der Waals surface area contributed by atoms with E-state index in [1.54, 1.807) is 35.5 Å². The Morgan fingerprint density at radius 3 is 2.39 bits per heavy atom. The lowest BCUT2D eigenvalue weighted by Crippen LogP contribution is -2.27. The molecule has 2 heterocycles. The minimum atomic E-state index is -5.40. The molecule has 2 aromatic carbocycles. The number of sulfone groups is 1. The molecule has 0 radical (unpaired) electrons. The van der Waals surface area contributed by atoms with Crippen LogP contribution < -0.4 is 15.5 Å². The molecule has 188 valence electrons. The molecule has 1 aliphatic heterocycles. The van der Waals surface area contributed by atoms with Gasteiger partial charge in [0.15, 0.2) is 0 Å². The molecule has 0 spiro atoms. The number of carbonyl (C=O) groups is 1. The summed E-state index contributed by atoms with van der Waals surface area (Å²) in [4.78, 5) is 19.5. The van der Waals surface area contributed by atoms with Crippen molar-refractivity contribution in [2.75, 3.05) is 22.2 Å². The van der Waals surface area contributed by atoms with Crippen LogP contribution in [0.1, 0.15) is 12.5 Å². The Bertz CT molecular complexity index is 1380. The van der Waals surface area contributed by atoms with Crippen LogP contribution in [0.4, 0.5) is 35.0 Å². The van der Waals surface area contributed by atoms with Gasteiger partial charge in [0.05, 0.1) is 23.4 Å². The number of benzene rings is 2. The summed E-state index contributed by atoms with van der Waals surface area (Å²) in [6, 6.07) is 14.9. The summed E-state index contributed by atoms with van der Waals surface area (Å²) < 4.78 is 61.6. The molecule has 8 nitrogen and oxygen atoms in total. The van der Waals surface area contributed by atoms with Crippen molar-refractivity contribution in [1.29, 1.82) is 0 Å². The van der Waals surface area contributed by atoms with Crippen molar-refractivity contribution in [1.82, 2.24) is 9.88 Å². The summed E-state index contributed by atoms with van der Waals surface area (Å²) in [5.74, 6) is 0. The van der Waals surface area contributed by atoms with E-state index in [1.807, 2.05) is 36.2 Å². The summed E-state index contributed by atoms with van der Waals surface area (Å²) in [7, 11) is -5.40. The number of nitrogens with zero attached hydrogens (tertiary/aromatic N) is 3. The molecular weight excluding hydrogens is 495 g/mol. The molecule has 3 aromatic rings. The third-order valence-corrected chi connectivity index (χ3v) is 7.00. The first-order valence-corrected chi connectivity index (χ1v) is 12.2. The molecule has 0 aliphatic carbocycles. The molecule has 0 saturated carbocycles. The molecule has 2 N–H and O–H groups in total. The normalized spacial score (nSPS) is 13.9. The number of allylic oxidation sites excluding steroid dienone is 1. The number of carbonyl (C=O) groups excluding carboxylic acids is 1. The molecule has 12 heteroatoms. The fourth-order valence-electron chi connectivity index (χ4n) is 3.61. The Morgan fingerprint density at radius 1 is 1.03 bits per heavy atom. The maximum atomic E-state index is 12.8. The average Bonchev–Trinajstić information content (AvgIpc) is 3.20. The van der Waals surface area contributed by atoms with E-state index < -0.39 is 26.3 Å². The van der Waals surface area contributed by atoms with Gasteiger partial charge in [-0.1, -0.05) is 18.2 Å². The van der Waals surface area contributed by atoms with Crippen LogP contribution in [-0.4, -0.2) is 36.5 Å². The lowest BCUT2D eigenvalue weighted by molar-refractivity contribution is -0.0436. The standard InChI is InChI=1S/C24H22F3N5O3S/c1-17-14-32(20-7-9-21(10-8-20)36(34,35)24(25,26)27)16-31(17)15-18-11-12-28-13-22(18)30-23(33)29-19-5-3-2-4-6-19/h2-14H,15-16H2,1H3,(H2,29,30,33). The predicted octanol–water partition coefficient (Wildman–Crippen LogP) is 5.16. The topological polar surface area (TPSA) is 94.6 Å². The first kappa shape index (κ1) is 25.0. The highest BCUT2D eigenvalue weighted by molar-refractivity contribution is 7.92. The average molecular weight is 518 g/mol. The summed E-state index contributed by atoms with van der Waals surface area (Å²) in [5.41, 5.74) is -1.98. The summed E-state index contributed by atoms with van der Waals surface area (Å²) in [6.45, 7) is 2.66. The minimum Gasteiger partial charge on any atom is -0.351 e. The Labute approximate surface area is 206 Å². The Morgan fingerprint density at radius 2 is 1.72 bits per heavy atom. The van der Waals surface area contributed by atoms with Crippen LogP contribution >= 0.6 is 0 Å². The van der Waals surface area contributed by atoms with Gasteiger partial charge in [0, 0.05) is 36.0 Å². The van der Waals surface area contributed by atoms with E-state index in [9.17, 15) is 26.4 Å². The molecule has 4 rings (SSSR count). The van der Waals surface area contributed by atoms with Crippen molar-refractivity contribution >= 4 is 32.9 Å². The van der Waals surface area contributed by atoms with Crippen LogP contribution in [0, 0.1) is 0 Å². The van der Waals surface area contributed by atoms with Gasteiger partial charge in [0.2, 0.25) is 0 Å². The van der Waals surface area contributed by atoms with Crippen LogP contribution in [0.15, 0.2) is 89.8 Å². The van der Waals surface area contributed by atoms with Gasteiger partial charge < -0.3 is 20.4 Å². The monoisotopic (exact) mass is 517 g/mol. The highest BCUT2D eigenvalue weighted by Crippen LogP contribution is 2.32. The molecule has 0 saturated heterocycles. The zero-order valence-electron chi connectivity index (χ0n) is 19.0. The number of nitrogens with one attached hydrogen (secondary N) is 2. The van der Waals surface area contributed by atoms with E-state index >= 15 is 0 Å². The molecule has 0 atom stereocenters. The van der Waals surface area contributed by atoms with Crippen LogP contribution in [-0.2, 0) is 16.4 Å². The number of rotatable bonds is 6. The number of halogens is 3. The zero-order valence-corrected chi connectivity index (χ0v) is 19.8. The number of para-hydroxylation sites is 1. The number of hydrogen-bond donors (Lipinski definition) is 2. The largest absolute Gasteiger partial charge is 0.501 e. The number of amides is 2. The Hall–Kier alpha value is -4.06. The first-order valence-electron chi connectivity index (χ1n) is 10.7. The van der Waals surface area contributed by atoms with E-state index in [-0.39, 0.29) is 0 Å². The maximum Gasteiger partial charge on any atom is 0.501 e. The second kappa shape index (κ2) is 9.90. The lowest BCUT2D eigenvalue weighted by Gasteiger charge is -2.24. The van der Waals surface area contributed by atoms with Crippen molar-refractivity contribution < 1.29 is 26.4 Å². The predicted molar refractivity (Wildman–Crippen MR) is 130 cm³/mol. The first-order chi connectivity index (χ1) is 17.0. The van der Waals surface area contributed by atoms with Crippen molar-refractivity contribution in [3.05, 3.63) is 90.5 Å². The third-order valence-electron chi connectivity index (χ3n) is 5.50. The maximum absolute atomic E-state index is 12.8. The van der Waals surface area contributed by atoms with Crippen LogP contribution in [0.3, 0.4) is 0 Å².